The van der Waals surface area contributed by atoms with E-state index in [1.54, 1.807) is 18.0 Å². The number of amides is 1. The predicted octanol–water partition coefficient (Wildman–Crippen LogP) is 2.51. The molecule has 1 N–H and O–H groups in total. The van der Waals surface area contributed by atoms with Crippen LogP contribution in [-0.2, 0) is 10.5 Å². The van der Waals surface area contributed by atoms with Crippen molar-refractivity contribution < 1.29 is 4.79 Å². The molecule has 0 spiro atoms. The van der Waals surface area contributed by atoms with Crippen molar-refractivity contribution >= 4 is 42.5 Å². The molecule has 0 saturated carbocycles. The molecule has 2 aliphatic rings. The molecule has 2 bridgehead atoms. The molecule has 0 aromatic carbocycles. The zero-order valence-electron chi connectivity index (χ0n) is 12.4. The van der Waals surface area contributed by atoms with Crippen LogP contribution in [0.3, 0.4) is 0 Å². The fourth-order valence-corrected chi connectivity index (χ4v) is 4.00. The average molecular weight is 364 g/mol. The summed E-state index contributed by atoms with van der Waals surface area (Å²) in [7, 11) is 0. The normalized spacial score (nSPS) is 23.2. The first-order chi connectivity index (χ1) is 9.84. The fourth-order valence-electron chi connectivity index (χ4n) is 3.19. The molecule has 1 amide bonds. The molecule has 124 valence electrons. The van der Waals surface area contributed by atoms with Crippen molar-refractivity contribution in [2.75, 3.05) is 18.8 Å². The van der Waals surface area contributed by atoms with Gasteiger partial charge in [0, 0.05) is 30.6 Å². The highest BCUT2D eigenvalue weighted by atomic mass is 35.5. The van der Waals surface area contributed by atoms with Gasteiger partial charge in [0.05, 0.1) is 11.4 Å². The second-order valence-corrected chi connectivity index (χ2v) is 6.48. The highest BCUT2D eigenvalue weighted by Gasteiger charge is 2.37. The number of aromatic nitrogens is 1. The average Bonchev–Trinajstić information content (AvgIpc) is 2.73. The number of halogens is 2. The van der Waals surface area contributed by atoms with Gasteiger partial charge in [-0.05, 0) is 37.9 Å². The zero-order chi connectivity index (χ0) is 13.8. The van der Waals surface area contributed by atoms with Gasteiger partial charge in [-0.15, -0.1) is 36.6 Å². The first-order valence-electron chi connectivity index (χ1n) is 7.34. The largest absolute Gasteiger partial charge is 0.335 e. The summed E-state index contributed by atoms with van der Waals surface area (Å²) in [6, 6.07) is 6.81. The Labute approximate surface area is 148 Å². The van der Waals surface area contributed by atoms with Crippen LogP contribution in [0.5, 0.6) is 0 Å². The van der Waals surface area contributed by atoms with Crippen molar-refractivity contribution in [1.82, 2.24) is 15.2 Å². The molecule has 4 nitrogen and oxygen atoms in total. The molecule has 2 atom stereocenters. The molecule has 7 heteroatoms. The molecular weight excluding hydrogens is 341 g/mol. The monoisotopic (exact) mass is 363 g/mol. The van der Waals surface area contributed by atoms with Crippen molar-refractivity contribution in [2.45, 2.75) is 37.1 Å². The van der Waals surface area contributed by atoms with Gasteiger partial charge in [0.1, 0.15) is 0 Å². The Kier molecular flexibility index (Phi) is 8.54. The fraction of sp³-hybridized carbons (Fsp3) is 0.600. The van der Waals surface area contributed by atoms with Gasteiger partial charge in [0.15, 0.2) is 0 Å². The topological polar surface area (TPSA) is 45.2 Å². The van der Waals surface area contributed by atoms with Crippen LogP contribution >= 0.6 is 36.6 Å². The Morgan fingerprint density at radius 1 is 1.27 bits per heavy atom. The summed E-state index contributed by atoms with van der Waals surface area (Å²) in [6.07, 6.45) is 5.25. The molecule has 0 radical (unpaired) electrons. The number of carbonyl (C=O) groups excluding carboxylic acids is 1. The Bertz CT molecular complexity index is 449. The summed E-state index contributed by atoms with van der Waals surface area (Å²) < 4.78 is 0. The van der Waals surface area contributed by atoms with Crippen molar-refractivity contribution in [3.05, 3.63) is 30.1 Å². The number of nitrogens with one attached hydrogen (secondary N) is 1. The second kappa shape index (κ2) is 9.60. The number of nitrogens with zero attached hydrogens (tertiary/aromatic N) is 2. The third kappa shape index (κ3) is 4.75. The number of fused-ring (bicyclic) bond motifs is 2. The molecule has 2 unspecified atom stereocenters. The quantitative estimate of drug-likeness (QED) is 0.892. The summed E-state index contributed by atoms with van der Waals surface area (Å²) in [4.78, 5) is 18.9. The Morgan fingerprint density at radius 2 is 2.09 bits per heavy atom. The molecule has 3 heterocycles. The van der Waals surface area contributed by atoms with Crippen LogP contribution in [0.4, 0.5) is 0 Å². The van der Waals surface area contributed by atoms with Gasteiger partial charge in [-0.25, -0.2) is 0 Å². The third-order valence-corrected chi connectivity index (χ3v) is 5.09. The minimum atomic E-state index is 0. The maximum absolute atomic E-state index is 12.5. The lowest BCUT2D eigenvalue weighted by atomic mass is 10.1. The Hall–Kier alpha value is -0.490. The molecule has 3 rings (SSSR count). The maximum Gasteiger partial charge on any atom is 0.233 e. The molecule has 1 aromatic heterocycles. The van der Waals surface area contributed by atoms with Gasteiger partial charge in [0.25, 0.3) is 0 Å². The van der Waals surface area contributed by atoms with Gasteiger partial charge in [-0.3, -0.25) is 9.78 Å². The molecule has 1 aromatic rings. The Morgan fingerprint density at radius 3 is 2.86 bits per heavy atom. The standard InChI is InChI=1S/C15H21N3OS.2ClH/c19-15(11-20-10-12-3-1-2-7-17-12)18-13-4-5-14(18)9-16-8-6-13;;/h1-3,7,13-14,16H,4-6,8-11H2;2*1H. The van der Waals surface area contributed by atoms with Crippen molar-refractivity contribution in [2.24, 2.45) is 0 Å². The maximum atomic E-state index is 12.5. The van der Waals surface area contributed by atoms with Gasteiger partial charge < -0.3 is 10.2 Å². The first-order valence-corrected chi connectivity index (χ1v) is 8.49. The van der Waals surface area contributed by atoms with E-state index in [0.29, 0.717) is 23.7 Å². The lowest BCUT2D eigenvalue weighted by Gasteiger charge is -2.27. The lowest BCUT2D eigenvalue weighted by Crippen LogP contribution is -2.43. The van der Waals surface area contributed by atoms with Crippen molar-refractivity contribution in [3.63, 3.8) is 0 Å². The van der Waals surface area contributed by atoms with Gasteiger partial charge in [0.2, 0.25) is 5.91 Å². The van der Waals surface area contributed by atoms with E-state index in [4.69, 9.17) is 0 Å². The van der Waals surface area contributed by atoms with Crippen LogP contribution in [0.1, 0.15) is 25.0 Å². The van der Waals surface area contributed by atoms with Gasteiger partial charge >= 0.3 is 0 Å². The summed E-state index contributed by atoms with van der Waals surface area (Å²) >= 11 is 1.67. The highest BCUT2D eigenvalue weighted by Crippen LogP contribution is 2.28. The number of hydrogen-bond donors (Lipinski definition) is 1. The SMILES string of the molecule is Cl.Cl.O=C(CSCc1ccccn1)N1C2CCNCC1CC2. The first kappa shape index (κ1) is 19.6. The minimum absolute atomic E-state index is 0. The second-order valence-electron chi connectivity index (χ2n) is 5.49. The van der Waals surface area contributed by atoms with Crippen LogP contribution in [0.15, 0.2) is 24.4 Å². The molecule has 2 fully saturated rings. The van der Waals surface area contributed by atoms with E-state index in [-0.39, 0.29) is 24.8 Å². The summed E-state index contributed by atoms with van der Waals surface area (Å²) in [5.41, 5.74) is 1.05. The number of carbonyl (C=O) groups is 1. The number of pyridine rings is 1. The number of thioether (sulfide) groups is 1. The lowest BCUT2D eigenvalue weighted by molar-refractivity contribution is -0.130. The highest BCUT2D eigenvalue weighted by molar-refractivity contribution is 7.99. The van der Waals surface area contributed by atoms with E-state index in [2.05, 4.69) is 15.2 Å². The van der Waals surface area contributed by atoms with Crippen molar-refractivity contribution in [3.8, 4) is 0 Å². The van der Waals surface area contributed by atoms with E-state index in [1.165, 1.54) is 6.42 Å². The molecule has 0 aliphatic carbocycles. The van der Waals surface area contributed by atoms with Crippen LogP contribution in [-0.4, -0.2) is 46.7 Å². The van der Waals surface area contributed by atoms with Crippen LogP contribution in [0.2, 0.25) is 0 Å². The van der Waals surface area contributed by atoms with E-state index in [9.17, 15) is 4.79 Å². The predicted molar refractivity (Wildman–Crippen MR) is 96.0 cm³/mol. The molecule has 22 heavy (non-hydrogen) atoms. The van der Waals surface area contributed by atoms with E-state index < -0.39 is 0 Å². The van der Waals surface area contributed by atoms with E-state index in [0.717, 1.165) is 37.4 Å². The number of rotatable bonds is 4. The van der Waals surface area contributed by atoms with Crippen LogP contribution < -0.4 is 5.32 Å². The number of hydrogen-bond acceptors (Lipinski definition) is 4. The van der Waals surface area contributed by atoms with E-state index in [1.807, 2.05) is 18.2 Å². The van der Waals surface area contributed by atoms with Crippen LogP contribution in [0.25, 0.3) is 0 Å². The molecule has 2 saturated heterocycles. The third-order valence-electron chi connectivity index (χ3n) is 4.14. The summed E-state index contributed by atoms with van der Waals surface area (Å²) in [5, 5.41) is 3.43. The summed E-state index contributed by atoms with van der Waals surface area (Å²) in [5.74, 6) is 1.69. The van der Waals surface area contributed by atoms with Crippen molar-refractivity contribution in [1.29, 1.82) is 0 Å². The smallest absolute Gasteiger partial charge is 0.233 e. The summed E-state index contributed by atoms with van der Waals surface area (Å²) in [6.45, 7) is 2.01. The van der Waals surface area contributed by atoms with Gasteiger partial charge in [-0.1, -0.05) is 6.07 Å². The van der Waals surface area contributed by atoms with Crippen LogP contribution in [0, 0.1) is 0 Å². The molecular formula is C15H23Cl2N3OS. The van der Waals surface area contributed by atoms with E-state index >= 15 is 0 Å². The minimum Gasteiger partial charge on any atom is -0.335 e. The zero-order valence-corrected chi connectivity index (χ0v) is 14.9. The van der Waals surface area contributed by atoms with Gasteiger partial charge in [-0.2, -0.15) is 0 Å². The molecule has 2 aliphatic heterocycles. The Balaban J connectivity index is 0.00000121.